The Morgan fingerprint density at radius 1 is 1.08 bits per heavy atom. The number of aryl methyl sites for hydroxylation is 1. The molecule has 0 atom stereocenters. The second-order valence-corrected chi connectivity index (χ2v) is 7.95. The SMILES string of the molecule is CCOc1ccc(S(=O)(=O)N(C)CC(=O)N(C)c2ccccc2)cc1C. The van der Waals surface area contributed by atoms with Gasteiger partial charge in [-0.25, -0.2) is 8.42 Å². The molecule has 26 heavy (non-hydrogen) atoms. The molecule has 0 unspecified atom stereocenters. The summed E-state index contributed by atoms with van der Waals surface area (Å²) in [4.78, 5) is 14.0. The molecule has 2 rings (SSSR count). The number of rotatable bonds is 7. The molecule has 140 valence electrons. The number of sulfonamides is 1. The van der Waals surface area contributed by atoms with Crippen LogP contribution in [0.1, 0.15) is 12.5 Å². The van der Waals surface area contributed by atoms with E-state index in [4.69, 9.17) is 4.74 Å². The van der Waals surface area contributed by atoms with Crippen molar-refractivity contribution >= 4 is 21.6 Å². The summed E-state index contributed by atoms with van der Waals surface area (Å²) in [5.74, 6) is 0.332. The lowest BCUT2D eigenvalue weighted by Crippen LogP contribution is -2.39. The summed E-state index contributed by atoms with van der Waals surface area (Å²) in [5, 5.41) is 0. The van der Waals surface area contributed by atoms with Crippen molar-refractivity contribution in [1.82, 2.24) is 4.31 Å². The molecule has 0 saturated heterocycles. The van der Waals surface area contributed by atoms with Crippen molar-refractivity contribution in [3.05, 3.63) is 54.1 Å². The largest absolute Gasteiger partial charge is 0.494 e. The minimum absolute atomic E-state index is 0.135. The van der Waals surface area contributed by atoms with Gasteiger partial charge in [-0.2, -0.15) is 4.31 Å². The second-order valence-electron chi connectivity index (χ2n) is 5.91. The van der Waals surface area contributed by atoms with E-state index in [9.17, 15) is 13.2 Å². The predicted octanol–water partition coefficient (Wildman–Crippen LogP) is 2.68. The van der Waals surface area contributed by atoms with Gasteiger partial charge in [-0.1, -0.05) is 18.2 Å². The zero-order valence-electron chi connectivity index (χ0n) is 15.5. The molecule has 0 N–H and O–H groups in total. The Morgan fingerprint density at radius 3 is 2.31 bits per heavy atom. The van der Waals surface area contributed by atoms with Crippen LogP contribution in [-0.2, 0) is 14.8 Å². The van der Waals surface area contributed by atoms with E-state index in [2.05, 4.69) is 0 Å². The van der Waals surface area contributed by atoms with Gasteiger partial charge in [0.25, 0.3) is 0 Å². The Kier molecular flexibility index (Phi) is 6.39. The van der Waals surface area contributed by atoms with Crippen LogP contribution < -0.4 is 9.64 Å². The zero-order chi connectivity index (χ0) is 19.3. The first-order valence-corrected chi connectivity index (χ1v) is 9.72. The molecule has 2 aromatic carbocycles. The van der Waals surface area contributed by atoms with Gasteiger partial charge in [0, 0.05) is 19.8 Å². The van der Waals surface area contributed by atoms with E-state index in [-0.39, 0.29) is 17.3 Å². The van der Waals surface area contributed by atoms with Gasteiger partial charge < -0.3 is 9.64 Å². The van der Waals surface area contributed by atoms with Crippen molar-refractivity contribution in [3.63, 3.8) is 0 Å². The number of benzene rings is 2. The third-order valence-corrected chi connectivity index (χ3v) is 5.83. The fraction of sp³-hybridized carbons (Fsp3) is 0.316. The highest BCUT2D eigenvalue weighted by Gasteiger charge is 2.25. The number of nitrogens with zero attached hydrogens (tertiary/aromatic N) is 2. The first kappa shape index (κ1) is 19.9. The van der Waals surface area contributed by atoms with E-state index in [0.717, 1.165) is 9.87 Å². The predicted molar refractivity (Wildman–Crippen MR) is 102 cm³/mol. The van der Waals surface area contributed by atoms with E-state index in [0.29, 0.717) is 18.0 Å². The van der Waals surface area contributed by atoms with Gasteiger partial charge in [-0.05, 0) is 49.7 Å². The number of likely N-dealkylation sites (N-methyl/N-ethyl adjacent to an activating group) is 2. The lowest BCUT2D eigenvalue weighted by atomic mass is 10.2. The number of hydrogen-bond donors (Lipinski definition) is 0. The van der Waals surface area contributed by atoms with Crippen LogP contribution in [0, 0.1) is 6.92 Å². The van der Waals surface area contributed by atoms with Gasteiger partial charge in [-0.3, -0.25) is 4.79 Å². The molecule has 7 heteroatoms. The Bertz CT molecular complexity index is 866. The van der Waals surface area contributed by atoms with Crippen molar-refractivity contribution in [3.8, 4) is 5.75 Å². The first-order chi connectivity index (χ1) is 12.3. The van der Waals surface area contributed by atoms with Crippen molar-refractivity contribution in [2.75, 3.05) is 32.1 Å². The summed E-state index contributed by atoms with van der Waals surface area (Å²) in [5.41, 5.74) is 1.44. The molecule has 0 radical (unpaired) electrons. The number of anilines is 1. The number of hydrogen-bond acceptors (Lipinski definition) is 4. The third-order valence-electron chi connectivity index (χ3n) is 4.03. The molecule has 1 amide bonds. The Morgan fingerprint density at radius 2 is 1.73 bits per heavy atom. The van der Waals surface area contributed by atoms with Crippen LogP contribution in [0.15, 0.2) is 53.4 Å². The lowest BCUT2D eigenvalue weighted by Gasteiger charge is -2.22. The number of carbonyl (C=O) groups excluding carboxylic acids is 1. The standard InChI is InChI=1S/C19H24N2O4S/c1-5-25-18-12-11-17(13-15(18)2)26(23,24)20(3)14-19(22)21(4)16-9-7-6-8-10-16/h6-13H,5,14H2,1-4H3. The van der Waals surface area contributed by atoms with Gasteiger partial charge in [0.05, 0.1) is 18.0 Å². The molecule has 0 fully saturated rings. The monoisotopic (exact) mass is 376 g/mol. The van der Waals surface area contributed by atoms with E-state index in [1.165, 1.54) is 18.0 Å². The molecular weight excluding hydrogens is 352 g/mol. The number of amides is 1. The quantitative estimate of drug-likeness (QED) is 0.745. The third kappa shape index (κ3) is 4.42. The van der Waals surface area contributed by atoms with Crippen LogP contribution in [0.25, 0.3) is 0 Å². The molecule has 0 aromatic heterocycles. The van der Waals surface area contributed by atoms with Gasteiger partial charge >= 0.3 is 0 Å². The van der Waals surface area contributed by atoms with Gasteiger partial charge in [0.15, 0.2) is 0 Å². The van der Waals surface area contributed by atoms with Gasteiger partial charge in [0.2, 0.25) is 15.9 Å². The molecular formula is C19H24N2O4S. The molecule has 0 aliphatic carbocycles. The highest BCUT2D eigenvalue weighted by molar-refractivity contribution is 7.89. The lowest BCUT2D eigenvalue weighted by molar-refractivity contribution is -0.118. The minimum Gasteiger partial charge on any atom is -0.494 e. The van der Waals surface area contributed by atoms with Crippen molar-refractivity contribution < 1.29 is 17.9 Å². The van der Waals surface area contributed by atoms with Gasteiger partial charge in [0.1, 0.15) is 5.75 Å². The van der Waals surface area contributed by atoms with Crippen molar-refractivity contribution in [1.29, 1.82) is 0 Å². The van der Waals surface area contributed by atoms with Crippen LogP contribution >= 0.6 is 0 Å². The maximum Gasteiger partial charge on any atom is 0.243 e. The molecule has 0 aliphatic rings. The van der Waals surface area contributed by atoms with Crippen LogP contribution in [-0.4, -0.2) is 45.9 Å². The van der Waals surface area contributed by atoms with Crippen LogP contribution in [0.2, 0.25) is 0 Å². The fourth-order valence-electron chi connectivity index (χ4n) is 2.46. The molecule has 0 spiro atoms. The zero-order valence-corrected chi connectivity index (χ0v) is 16.3. The molecule has 2 aromatic rings. The van der Waals surface area contributed by atoms with E-state index in [1.807, 2.05) is 25.1 Å². The van der Waals surface area contributed by atoms with E-state index < -0.39 is 10.0 Å². The summed E-state index contributed by atoms with van der Waals surface area (Å²) < 4.78 is 32.0. The summed E-state index contributed by atoms with van der Waals surface area (Å²) in [6.45, 7) is 3.91. The van der Waals surface area contributed by atoms with Crippen LogP contribution in [0.5, 0.6) is 5.75 Å². The van der Waals surface area contributed by atoms with Gasteiger partial charge in [-0.15, -0.1) is 0 Å². The van der Waals surface area contributed by atoms with E-state index in [1.54, 1.807) is 38.2 Å². The van der Waals surface area contributed by atoms with Crippen molar-refractivity contribution in [2.24, 2.45) is 0 Å². The molecule has 0 bridgehead atoms. The highest BCUT2D eigenvalue weighted by Crippen LogP contribution is 2.23. The second kappa shape index (κ2) is 8.33. The van der Waals surface area contributed by atoms with E-state index >= 15 is 0 Å². The Labute approximate surface area is 155 Å². The minimum atomic E-state index is -3.77. The number of carbonyl (C=O) groups is 1. The number of ether oxygens (including phenoxy) is 1. The Balaban J connectivity index is 2.16. The highest BCUT2D eigenvalue weighted by atomic mass is 32.2. The average molecular weight is 376 g/mol. The summed E-state index contributed by atoms with van der Waals surface area (Å²) in [6, 6.07) is 13.8. The average Bonchev–Trinajstić information content (AvgIpc) is 2.63. The number of para-hydroxylation sites is 1. The van der Waals surface area contributed by atoms with Crippen LogP contribution in [0.4, 0.5) is 5.69 Å². The summed E-state index contributed by atoms with van der Waals surface area (Å²) >= 11 is 0. The Hall–Kier alpha value is -2.38. The van der Waals surface area contributed by atoms with Crippen molar-refractivity contribution in [2.45, 2.75) is 18.7 Å². The molecule has 0 saturated carbocycles. The fourth-order valence-corrected chi connectivity index (χ4v) is 3.66. The maximum absolute atomic E-state index is 12.8. The first-order valence-electron chi connectivity index (χ1n) is 8.28. The molecule has 6 nitrogen and oxygen atoms in total. The van der Waals surface area contributed by atoms with Crippen LogP contribution in [0.3, 0.4) is 0 Å². The maximum atomic E-state index is 12.8. The summed E-state index contributed by atoms with van der Waals surface area (Å²) in [6.07, 6.45) is 0. The molecule has 0 heterocycles. The normalized spacial score (nSPS) is 11.4. The smallest absolute Gasteiger partial charge is 0.243 e. The summed E-state index contributed by atoms with van der Waals surface area (Å²) in [7, 11) is -0.749. The topological polar surface area (TPSA) is 66.9 Å². The molecule has 0 aliphatic heterocycles.